The Bertz CT molecular complexity index is 686. The van der Waals surface area contributed by atoms with Crippen LogP contribution in [0.2, 0.25) is 0 Å². The number of esters is 2. The Labute approximate surface area is 169 Å². The zero-order chi connectivity index (χ0) is 27.2. The first-order valence-corrected chi connectivity index (χ1v) is 7.00. The summed E-state index contributed by atoms with van der Waals surface area (Å²) in [6, 6.07) is -30.7. The van der Waals surface area contributed by atoms with Gasteiger partial charge in [0.2, 0.25) is 0 Å². The van der Waals surface area contributed by atoms with Crippen LogP contribution in [0.5, 0.6) is 0 Å². The number of ether oxygens (including phenoxy) is 2. The molecule has 0 fully saturated rings. The molecule has 0 spiro atoms. The Hall–Kier alpha value is -2.26. The minimum Gasteiger partial charge on any atom is -0.463 e. The van der Waals surface area contributed by atoms with Gasteiger partial charge in [0, 0.05) is 0 Å². The molecule has 0 bridgehead atoms. The van der Waals surface area contributed by atoms with Gasteiger partial charge >= 0.3 is 54.6 Å². The van der Waals surface area contributed by atoms with Crippen LogP contribution in [-0.2, 0) is 19.1 Å². The van der Waals surface area contributed by atoms with Crippen molar-refractivity contribution in [3.63, 3.8) is 0 Å². The quantitative estimate of drug-likeness (QED) is 0.267. The second-order valence-electron chi connectivity index (χ2n) is 5.33. The third-order valence-electron chi connectivity index (χ3n) is 3.25. The van der Waals surface area contributed by atoms with Gasteiger partial charge in [-0.1, -0.05) is 9.80 Å². The number of nitrogens with zero attached hydrogens (tertiary/aromatic N) is 2. The number of hydrogen-bond acceptors (Lipinski definition) is 6. The molecule has 22 heteroatoms. The van der Waals surface area contributed by atoms with Crippen molar-refractivity contribution in [1.82, 2.24) is 9.80 Å². The second-order valence-corrected chi connectivity index (χ2v) is 5.33. The molecule has 0 rings (SSSR count). The number of methoxy groups -OCH3 is 2. The minimum atomic E-state index is -8.50. The standard InChI is InChI=1S/C11H6F16N2O4/c1-32-3(30)5(12,13)28(10(22,23)24)8(18,19)7(16,17)9(20,21)29(11(25,26)27)6(14,15)4(31)33-2/h1-2H3. The molecule has 0 aliphatic heterocycles. The van der Waals surface area contributed by atoms with Crippen molar-refractivity contribution in [2.45, 2.75) is 42.7 Å². The average Bonchev–Trinajstić information content (AvgIpc) is 2.55. The van der Waals surface area contributed by atoms with E-state index in [1.807, 2.05) is 0 Å². The maximum Gasteiger partial charge on any atom is 0.470 e. The van der Waals surface area contributed by atoms with Gasteiger partial charge in [-0.05, 0) is 0 Å². The van der Waals surface area contributed by atoms with Crippen LogP contribution in [0.1, 0.15) is 0 Å². The monoisotopic (exact) mass is 534 g/mol. The molecule has 0 aromatic heterocycles. The zero-order valence-corrected chi connectivity index (χ0v) is 15.1. The molecule has 0 atom stereocenters. The summed E-state index contributed by atoms with van der Waals surface area (Å²) in [5.41, 5.74) is 0. The average molecular weight is 534 g/mol. The lowest BCUT2D eigenvalue weighted by atomic mass is 10.1. The molecule has 0 radical (unpaired) electrons. The third-order valence-corrected chi connectivity index (χ3v) is 3.25. The van der Waals surface area contributed by atoms with Crippen molar-refractivity contribution in [3.8, 4) is 0 Å². The smallest absolute Gasteiger partial charge is 0.463 e. The van der Waals surface area contributed by atoms with Crippen molar-refractivity contribution in [2.75, 3.05) is 14.2 Å². The Morgan fingerprint density at radius 2 is 0.727 bits per heavy atom. The summed E-state index contributed by atoms with van der Waals surface area (Å²) in [6.45, 7) is 0. The number of halogens is 16. The lowest BCUT2D eigenvalue weighted by Crippen LogP contribution is -2.76. The molecule has 0 heterocycles. The van der Waals surface area contributed by atoms with Crippen LogP contribution in [0.4, 0.5) is 70.2 Å². The highest BCUT2D eigenvalue weighted by molar-refractivity contribution is 5.77. The Balaban J connectivity index is 7.21. The summed E-state index contributed by atoms with van der Waals surface area (Å²) in [7, 11) is -0.476. The summed E-state index contributed by atoms with van der Waals surface area (Å²) < 4.78 is 219. The van der Waals surface area contributed by atoms with E-state index in [1.165, 1.54) is 0 Å². The molecule has 0 saturated heterocycles. The van der Waals surface area contributed by atoms with Crippen LogP contribution in [0, 0.1) is 0 Å². The summed E-state index contributed by atoms with van der Waals surface area (Å²) in [6.07, 6.45) is -15.3. The van der Waals surface area contributed by atoms with E-state index in [9.17, 15) is 79.8 Å². The largest absolute Gasteiger partial charge is 0.470 e. The summed E-state index contributed by atoms with van der Waals surface area (Å²) in [4.78, 5) is 12.9. The molecule has 0 unspecified atom stereocenters. The van der Waals surface area contributed by atoms with E-state index in [1.54, 1.807) is 0 Å². The van der Waals surface area contributed by atoms with E-state index in [0.717, 1.165) is 0 Å². The van der Waals surface area contributed by atoms with E-state index in [0.29, 0.717) is 0 Å². The number of carbonyl (C=O) groups excluding carboxylic acids is 2. The van der Waals surface area contributed by atoms with E-state index < -0.39 is 64.4 Å². The zero-order valence-electron chi connectivity index (χ0n) is 15.1. The molecular formula is C11H6F16N2O4. The maximum atomic E-state index is 13.8. The van der Waals surface area contributed by atoms with Crippen molar-refractivity contribution in [3.05, 3.63) is 0 Å². The molecule has 6 nitrogen and oxygen atoms in total. The van der Waals surface area contributed by atoms with Gasteiger partial charge in [-0.15, -0.1) is 0 Å². The van der Waals surface area contributed by atoms with Gasteiger partial charge in [-0.25, -0.2) is 9.59 Å². The molecule has 196 valence electrons. The summed E-state index contributed by atoms with van der Waals surface area (Å²) >= 11 is 0. The highest BCUT2D eigenvalue weighted by atomic mass is 19.4. The van der Waals surface area contributed by atoms with E-state index in [-0.39, 0.29) is 14.2 Å². The molecule has 0 aromatic rings. The SMILES string of the molecule is COC(=O)C(F)(F)N(C(F)(F)F)C(F)(F)C(F)(F)C(F)(F)N(C(F)(F)F)C(F)(F)C(=O)OC. The Kier molecular flexibility index (Phi) is 7.92. The van der Waals surface area contributed by atoms with Crippen LogP contribution in [-0.4, -0.2) is 78.7 Å². The highest BCUT2D eigenvalue weighted by Crippen LogP contribution is 2.57. The molecule has 0 aliphatic carbocycles. The first-order valence-electron chi connectivity index (χ1n) is 7.00. The Morgan fingerprint density at radius 1 is 0.515 bits per heavy atom. The predicted molar refractivity (Wildman–Crippen MR) is 64.6 cm³/mol. The van der Waals surface area contributed by atoms with Gasteiger partial charge in [0.15, 0.2) is 0 Å². The molecule has 0 N–H and O–H groups in total. The number of hydrogen-bond donors (Lipinski definition) is 0. The van der Waals surface area contributed by atoms with Gasteiger partial charge in [0.05, 0.1) is 14.2 Å². The first-order chi connectivity index (χ1) is 14.2. The van der Waals surface area contributed by atoms with Crippen LogP contribution < -0.4 is 0 Å². The predicted octanol–water partition coefficient (Wildman–Crippen LogP) is 3.98. The van der Waals surface area contributed by atoms with Crippen LogP contribution in [0.3, 0.4) is 0 Å². The van der Waals surface area contributed by atoms with Gasteiger partial charge in [0.1, 0.15) is 0 Å². The molecule has 33 heavy (non-hydrogen) atoms. The maximum absolute atomic E-state index is 13.8. The number of alkyl halides is 16. The van der Waals surface area contributed by atoms with Crippen molar-refractivity contribution >= 4 is 11.9 Å². The second kappa shape index (κ2) is 8.51. The van der Waals surface area contributed by atoms with Crippen molar-refractivity contribution in [1.29, 1.82) is 0 Å². The van der Waals surface area contributed by atoms with Crippen LogP contribution >= 0.6 is 0 Å². The van der Waals surface area contributed by atoms with Gasteiger partial charge in [-0.3, -0.25) is 0 Å². The first kappa shape index (κ1) is 30.7. The van der Waals surface area contributed by atoms with Crippen molar-refractivity contribution in [2.24, 2.45) is 0 Å². The fourth-order valence-electron chi connectivity index (χ4n) is 1.88. The van der Waals surface area contributed by atoms with E-state index in [4.69, 9.17) is 0 Å². The topological polar surface area (TPSA) is 59.1 Å². The fraction of sp³-hybridized carbons (Fsp3) is 0.818. The van der Waals surface area contributed by atoms with Gasteiger partial charge in [0.25, 0.3) is 0 Å². The molecular weight excluding hydrogens is 528 g/mol. The lowest BCUT2D eigenvalue weighted by molar-refractivity contribution is -0.497. The minimum absolute atomic E-state index is 0.238. The number of rotatable bonds is 8. The van der Waals surface area contributed by atoms with E-state index >= 15 is 0 Å². The molecule has 0 saturated carbocycles. The molecule has 0 amide bonds. The van der Waals surface area contributed by atoms with Crippen LogP contribution in [0.25, 0.3) is 0 Å². The summed E-state index contributed by atoms with van der Waals surface area (Å²) in [5.74, 6) is -16.0. The Morgan fingerprint density at radius 3 is 0.879 bits per heavy atom. The van der Waals surface area contributed by atoms with Crippen molar-refractivity contribution < 1.29 is 89.3 Å². The molecule has 0 aliphatic rings. The third kappa shape index (κ3) is 4.99. The molecule has 0 aromatic carbocycles. The summed E-state index contributed by atoms with van der Waals surface area (Å²) in [5, 5.41) is 0. The van der Waals surface area contributed by atoms with Gasteiger partial charge < -0.3 is 9.47 Å². The van der Waals surface area contributed by atoms with E-state index in [2.05, 4.69) is 9.47 Å². The normalized spacial score (nSPS) is 15.2. The lowest BCUT2D eigenvalue weighted by Gasteiger charge is -2.44. The van der Waals surface area contributed by atoms with Gasteiger partial charge in [-0.2, -0.15) is 70.2 Å². The number of carbonyl (C=O) groups is 2. The highest BCUT2D eigenvalue weighted by Gasteiger charge is 2.87. The fourth-order valence-corrected chi connectivity index (χ4v) is 1.88. The van der Waals surface area contributed by atoms with Crippen LogP contribution in [0.15, 0.2) is 0 Å².